The minimum absolute atomic E-state index is 0.140. The summed E-state index contributed by atoms with van der Waals surface area (Å²) in [5.41, 5.74) is 1.40. The van der Waals surface area contributed by atoms with Crippen LogP contribution < -0.4 is 14.8 Å². The van der Waals surface area contributed by atoms with Crippen molar-refractivity contribution in [3.8, 4) is 11.5 Å². The monoisotopic (exact) mass is 331 g/mol. The number of carbonyl (C=O) groups excluding carboxylic acids is 1. The van der Waals surface area contributed by atoms with Crippen LogP contribution in [-0.4, -0.2) is 19.6 Å². The van der Waals surface area contributed by atoms with Gasteiger partial charge in [0.05, 0.1) is 19.4 Å². The molecule has 0 heterocycles. The van der Waals surface area contributed by atoms with E-state index in [9.17, 15) is 9.18 Å². The van der Waals surface area contributed by atoms with Gasteiger partial charge in [-0.1, -0.05) is 25.1 Å². The molecular formula is C19H22FNO3. The molecule has 24 heavy (non-hydrogen) atoms. The molecule has 0 fully saturated rings. The summed E-state index contributed by atoms with van der Waals surface area (Å²) < 4.78 is 24.1. The number of para-hydroxylation sites is 2. The fourth-order valence-corrected chi connectivity index (χ4v) is 2.24. The number of hydrogen-bond donors (Lipinski definition) is 1. The number of carbonyl (C=O) groups is 1. The molecule has 2 aromatic rings. The Morgan fingerprint density at radius 2 is 1.96 bits per heavy atom. The van der Waals surface area contributed by atoms with E-state index >= 15 is 0 Å². The van der Waals surface area contributed by atoms with Crippen molar-refractivity contribution >= 4 is 11.6 Å². The van der Waals surface area contributed by atoms with Crippen LogP contribution in [0.3, 0.4) is 0 Å². The van der Waals surface area contributed by atoms with E-state index < -0.39 is 5.82 Å². The van der Waals surface area contributed by atoms with Crippen LogP contribution in [0.1, 0.15) is 25.3 Å². The number of methoxy groups -OCH3 is 1. The maximum atomic E-state index is 13.7. The Balaban J connectivity index is 1.93. The lowest BCUT2D eigenvalue weighted by molar-refractivity contribution is -0.116. The van der Waals surface area contributed by atoms with Gasteiger partial charge in [-0.15, -0.1) is 0 Å². The van der Waals surface area contributed by atoms with Crippen molar-refractivity contribution in [3.05, 3.63) is 53.8 Å². The first-order chi connectivity index (χ1) is 11.6. The van der Waals surface area contributed by atoms with Crippen LogP contribution in [0.4, 0.5) is 10.1 Å². The summed E-state index contributed by atoms with van der Waals surface area (Å²) in [4.78, 5) is 12.1. The molecule has 128 valence electrons. The minimum atomic E-state index is -0.422. The Hall–Kier alpha value is -2.56. The molecular weight excluding hydrogens is 309 g/mol. The number of aryl methyl sites for hydroxylation is 1. The fourth-order valence-electron chi connectivity index (χ4n) is 2.24. The maximum absolute atomic E-state index is 13.7. The molecule has 0 radical (unpaired) electrons. The second-order valence-electron chi connectivity index (χ2n) is 5.36. The number of nitrogens with one attached hydrogen (secondary N) is 1. The van der Waals surface area contributed by atoms with Crippen LogP contribution in [0, 0.1) is 5.82 Å². The molecule has 0 unspecified atom stereocenters. The highest BCUT2D eigenvalue weighted by Crippen LogP contribution is 2.24. The summed E-state index contributed by atoms with van der Waals surface area (Å²) in [6, 6.07) is 12.0. The molecule has 0 spiro atoms. The highest BCUT2D eigenvalue weighted by molar-refractivity contribution is 5.92. The molecule has 0 bridgehead atoms. The van der Waals surface area contributed by atoms with Gasteiger partial charge in [-0.25, -0.2) is 4.39 Å². The molecule has 0 aliphatic carbocycles. The summed E-state index contributed by atoms with van der Waals surface area (Å²) >= 11 is 0. The molecule has 1 amide bonds. The van der Waals surface area contributed by atoms with Crippen LogP contribution in [0.25, 0.3) is 0 Å². The van der Waals surface area contributed by atoms with Gasteiger partial charge < -0.3 is 14.8 Å². The van der Waals surface area contributed by atoms with Gasteiger partial charge in [0.25, 0.3) is 0 Å². The van der Waals surface area contributed by atoms with Crippen molar-refractivity contribution in [2.24, 2.45) is 0 Å². The third-order valence-corrected chi connectivity index (χ3v) is 3.48. The molecule has 5 heteroatoms. The van der Waals surface area contributed by atoms with Gasteiger partial charge in [-0.3, -0.25) is 4.79 Å². The van der Waals surface area contributed by atoms with Crippen molar-refractivity contribution in [2.75, 3.05) is 19.0 Å². The second-order valence-corrected chi connectivity index (χ2v) is 5.36. The summed E-state index contributed by atoms with van der Waals surface area (Å²) in [7, 11) is 1.42. The molecule has 2 aromatic carbocycles. The minimum Gasteiger partial charge on any atom is -0.494 e. The molecule has 0 saturated heterocycles. The van der Waals surface area contributed by atoms with Crippen LogP contribution >= 0.6 is 0 Å². The molecule has 2 rings (SSSR count). The number of anilines is 1. The Morgan fingerprint density at radius 1 is 1.17 bits per heavy atom. The van der Waals surface area contributed by atoms with Gasteiger partial charge in [0.15, 0.2) is 11.6 Å². The molecule has 0 aliphatic rings. The summed E-state index contributed by atoms with van der Waals surface area (Å²) in [5, 5.41) is 2.84. The predicted octanol–water partition coefficient (Wildman–Crippen LogP) is 4.19. The highest BCUT2D eigenvalue weighted by atomic mass is 19.1. The number of amides is 1. The number of benzene rings is 2. The SMILES string of the molecule is CCCOc1ccccc1NC(=O)CCc1ccc(OC)c(F)c1. The van der Waals surface area contributed by atoms with Gasteiger partial charge in [0.2, 0.25) is 5.91 Å². The Kier molecular flexibility index (Phi) is 6.61. The number of halogens is 1. The smallest absolute Gasteiger partial charge is 0.224 e. The third kappa shape index (κ3) is 4.98. The molecule has 1 N–H and O–H groups in total. The first-order valence-electron chi connectivity index (χ1n) is 7.98. The Bertz CT molecular complexity index is 688. The van der Waals surface area contributed by atoms with Crippen molar-refractivity contribution in [3.63, 3.8) is 0 Å². The van der Waals surface area contributed by atoms with E-state index in [4.69, 9.17) is 9.47 Å². The van der Waals surface area contributed by atoms with E-state index in [1.54, 1.807) is 18.2 Å². The van der Waals surface area contributed by atoms with E-state index in [2.05, 4.69) is 5.32 Å². The standard InChI is InChI=1S/C19H22FNO3/c1-3-12-24-18-7-5-4-6-16(18)21-19(22)11-9-14-8-10-17(23-2)15(20)13-14/h4-8,10,13H,3,9,11-12H2,1-2H3,(H,21,22). The molecule has 4 nitrogen and oxygen atoms in total. The highest BCUT2D eigenvalue weighted by Gasteiger charge is 2.09. The van der Waals surface area contributed by atoms with Gasteiger partial charge in [-0.2, -0.15) is 0 Å². The largest absolute Gasteiger partial charge is 0.494 e. The van der Waals surface area contributed by atoms with Crippen LogP contribution in [0.15, 0.2) is 42.5 Å². The molecule has 0 aliphatic heterocycles. The van der Waals surface area contributed by atoms with Gasteiger partial charge in [0.1, 0.15) is 5.75 Å². The summed E-state index contributed by atoms with van der Waals surface area (Å²) in [5.74, 6) is 0.292. The predicted molar refractivity (Wildman–Crippen MR) is 92.1 cm³/mol. The fraction of sp³-hybridized carbons (Fsp3) is 0.316. The van der Waals surface area contributed by atoms with Gasteiger partial charge in [-0.05, 0) is 42.7 Å². The lowest BCUT2D eigenvalue weighted by atomic mass is 10.1. The van der Waals surface area contributed by atoms with E-state index in [0.717, 1.165) is 12.0 Å². The zero-order valence-corrected chi connectivity index (χ0v) is 14.0. The van der Waals surface area contributed by atoms with E-state index in [-0.39, 0.29) is 18.1 Å². The van der Waals surface area contributed by atoms with E-state index in [1.165, 1.54) is 13.2 Å². The van der Waals surface area contributed by atoms with Crippen molar-refractivity contribution in [2.45, 2.75) is 26.2 Å². The summed E-state index contributed by atoms with van der Waals surface area (Å²) in [6.07, 6.45) is 1.60. The lowest BCUT2D eigenvalue weighted by Crippen LogP contribution is -2.13. The van der Waals surface area contributed by atoms with Crippen molar-refractivity contribution < 1.29 is 18.7 Å². The summed E-state index contributed by atoms with van der Waals surface area (Å²) in [6.45, 7) is 2.62. The number of rotatable bonds is 8. The van der Waals surface area contributed by atoms with E-state index in [0.29, 0.717) is 24.5 Å². The first-order valence-corrected chi connectivity index (χ1v) is 7.98. The molecule has 0 saturated carbocycles. The number of ether oxygens (including phenoxy) is 2. The quantitative estimate of drug-likeness (QED) is 0.789. The normalized spacial score (nSPS) is 10.3. The average molecular weight is 331 g/mol. The van der Waals surface area contributed by atoms with Gasteiger partial charge in [0, 0.05) is 6.42 Å². The van der Waals surface area contributed by atoms with Crippen molar-refractivity contribution in [1.29, 1.82) is 0 Å². The average Bonchev–Trinajstić information content (AvgIpc) is 2.59. The zero-order chi connectivity index (χ0) is 17.4. The molecule has 0 atom stereocenters. The lowest BCUT2D eigenvalue weighted by Gasteiger charge is -2.12. The van der Waals surface area contributed by atoms with Gasteiger partial charge >= 0.3 is 0 Å². The second kappa shape index (κ2) is 8.91. The van der Waals surface area contributed by atoms with Crippen LogP contribution in [0.5, 0.6) is 11.5 Å². The van der Waals surface area contributed by atoms with Crippen LogP contribution in [0.2, 0.25) is 0 Å². The number of hydrogen-bond acceptors (Lipinski definition) is 3. The van der Waals surface area contributed by atoms with Crippen LogP contribution in [-0.2, 0) is 11.2 Å². The Morgan fingerprint density at radius 3 is 2.67 bits per heavy atom. The molecule has 0 aromatic heterocycles. The Labute approximate surface area is 141 Å². The topological polar surface area (TPSA) is 47.6 Å². The van der Waals surface area contributed by atoms with Crippen molar-refractivity contribution in [1.82, 2.24) is 0 Å². The maximum Gasteiger partial charge on any atom is 0.224 e. The van der Waals surface area contributed by atoms with E-state index in [1.807, 2.05) is 25.1 Å². The third-order valence-electron chi connectivity index (χ3n) is 3.48. The first kappa shape index (κ1) is 17.8. The zero-order valence-electron chi connectivity index (χ0n) is 14.0.